The van der Waals surface area contributed by atoms with E-state index < -0.39 is 17.6 Å². The molecule has 1 unspecified atom stereocenters. The molecule has 0 fully saturated rings. The fourth-order valence-corrected chi connectivity index (χ4v) is 2.91. The minimum absolute atomic E-state index is 0.0100. The van der Waals surface area contributed by atoms with Crippen LogP contribution in [0.1, 0.15) is 31.0 Å². The van der Waals surface area contributed by atoms with E-state index >= 15 is 4.39 Å². The SMILES string of the molecule is C/C(=N\OCCO)c1ccc(=N)n(C(=N)C(C)c2c(F)cc3ncccc3c2F)n1. The molecule has 0 aliphatic heterocycles. The molecule has 0 saturated carbocycles. The molecule has 30 heavy (non-hydrogen) atoms. The van der Waals surface area contributed by atoms with Crippen LogP contribution < -0.4 is 5.49 Å². The molecule has 2 heterocycles. The van der Waals surface area contributed by atoms with Crippen molar-refractivity contribution in [3.63, 3.8) is 0 Å². The molecular weight excluding hydrogens is 394 g/mol. The fourth-order valence-electron chi connectivity index (χ4n) is 2.91. The topological polar surface area (TPSA) is 120 Å². The Balaban J connectivity index is 2.01. The summed E-state index contributed by atoms with van der Waals surface area (Å²) >= 11 is 0. The van der Waals surface area contributed by atoms with Crippen LogP contribution >= 0.6 is 0 Å². The zero-order chi connectivity index (χ0) is 21.8. The number of nitrogens with zero attached hydrogens (tertiary/aromatic N) is 4. The van der Waals surface area contributed by atoms with Crippen molar-refractivity contribution in [2.75, 3.05) is 13.2 Å². The number of oxime groups is 1. The monoisotopic (exact) mass is 414 g/mol. The van der Waals surface area contributed by atoms with Crippen molar-refractivity contribution in [2.45, 2.75) is 19.8 Å². The Labute approximate surface area is 170 Å². The maximum Gasteiger partial charge on any atom is 0.148 e. The highest BCUT2D eigenvalue weighted by Gasteiger charge is 2.24. The van der Waals surface area contributed by atoms with Crippen molar-refractivity contribution in [3.05, 3.63) is 64.9 Å². The lowest BCUT2D eigenvalue weighted by Gasteiger charge is -2.18. The Morgan fingerprint density at radius 3 is 2.83 bits per heavy atom. The van der Waals surface area contributed by atoms with Crippen LogP contribution in [0.25, 0.3) is 10.9 Å². The summed E-state index contributed by atoms with van der Waals surface area (Å²) < 4.78 is 30.7. The largest absolute Gasteiger partial charge is 0.393 e. The molecule has 0 bridgehead atoms. The van der Waals surface area contributed by atoms with Gasteiger partial charge in [-0.3, -0.25) is 15.8 Å². The second-order valence-electron chi connectivity index (χ2n) is 6.51. The lowest BCUT2D eigenvalue weighted by molar-refractivity contribution is 0.0986. The molecule has 1 atom stereocenters. The molecule has 0 saturated heterocycles. The lowest BCUT2D eigenvalue weighted by atomic mass is 9.96. The number of fused-ring (bicyclic) bond motifs is 1. The number of halogens is 2. The Hall–Kier alpha value is -3.53. The Bertz CT molecular complexity index is 1190. The summed E-state index contributed by atoms with van der Waals surface area (Å²) in [5.41, 5.74) is 0.411. The maximum absolute atomic E-state index is 15.0. The lowest BCUT2D eigenvalue weighted by Crippen LogP contribution is -2.33. The number of pyridine rings is 1. The highest BCUT2D eigenvalue weighted by Crippen LogP contribution is 2.29. The predicted octanol–water partition coefficient (Wildman–Crippen LogP) is 2.55. The first-order valence-corrected chi connectivity index (χ1v) is 9.09. The third-order valence-electron chi connectivity index (χ3n) is 4.49. The fraction of sp³-hybridized carbons (Fsp3) is 0.250. The van der Waals surface area contributed by atoms with Crippen LogP contribution in [-0.2, 0) is 4.84 Å². The summed E-state index contributed by atoms with van der Waals surface area (Å²) in [5.74, 6) is -2.94. The number of benzene rings is 1. The molecule has 3 aromatic rings. The van der Waals surface area contributed by atoms with Crippen LogP contribution in [0.4, 0.5) is 8.78 Å². The number of aliphatic hydroxyl groups excluding tert-OH is 1. The summed E-state index contributed by atoms with van der Waals surface area (Å²) in [6.07, 6.45) is 1.44. The average Bonchev–Trinajstić information content (AvgIpc) is 2.73. The molecule has 0 aliphatic rings. The molecule has 1 aromatic carbocycles. The van der Waals surface area contributed by atoms with Crippen molar-refractivity contribution in [1.29, 1.82) is 10.8 Å². The summed E-state index contributed by atoms with van der Waals surface area (Å²) in [5, 5.41) is 33.4. The second-order valence-corrected chi connectivity index (χ2v) is 6.51. The molecule has 0 radical (unpaired) electrons. The van der Waals surface area contributed by atoms with Crippen molar-refractivity contribution in [3.8, 4) is 0 Å². The van der Waals surface area contributed by atoms with Crippen LogP contribution in [0.5, 0.6) is 0 Å². The highest BCUT2D eigenvalue weighted by atomic mass is 19.1. The average molecular weight is 414 g/mol. The summed E-state index contributed by atoms with van der Waals surface area (Å²) in [6.45, 7) is 2.89. The van der Waals surface area contributed by atoms with Crippen molar-refractivity contribution in [1.82, 2.24) is 14.8 Å². The summed E-state index contributed by atoms with van der Waals surface area (Å²) in [7, 11) is 0. The molecule has 0 amide bonds. The van der Waals surface area contributed by atoms with Gasteiger partial charge in [-0.15, -0.1) is 0 Å². The summed E-state index contributed by atoms with van der Waals surface area (Å²) in [4.78, 5) is 8.86. The van der Waals surface area contributed by atoms with Gasteiger partial charge < -0.3 is 9.94 Å². The molecule has 2 aromatic heterocycles. The number of rotatable bonds is 6. The molecule has 0 aliphatic carbocycles. The first-order chi connectivity index (χ1) is 14.3. The van der Waals surface area contributed by atoms with Crippen LogP contribution in [-0.4, -0.2) is 44.6 Å². The second kappa shape index (κ2) is 8.87. The van der Waals surface area contributed by atoms with Gasteiger partial charge >= 0.3 is 0 Å². The molecule has 0 spiro atoms. The molecule has 3 N–H and O–H groups in total. The number of nitrogens with one attached hydrogen (secondary N) is 2. The number of aliphatic hydroxyl groups is 1. The Morgan fingerprint density at radius 2 is 2.10 bits per heavy atom. The van der Waals surface area contributed by atoms with Gasteiger partial charge in [-0.2, -0.15) is 5.10 Å². The third-order valence-corrected chi connectivity index (χ3v) is 4.49. The molecule has 156 valence electrons. The van der Waals surface area contributed by atoms with Crippen LogP contribution in [0.2, 0.25) is 0 Å². The number of hydrogen-bond acceptors (Lipinski definition) is 7. The van der Waals surface area contributed by atoms with E-state index in [1.54, 1.807) is 13.0 Å². The van der Waals surface area contributed by atoms with Gasteiger partial charge in [0.25, 0.3) is 0 Å². The molecular formula is C20H20F2N6O2. The van der Waals surface area contributed by atoms with Crippen molar-refractivity contribution < 1.29 is 18.7 Å². The summed E-state index contributed by atoms with van der Waals surface area (Å²) in [6, 6.07) is 7.08. The van der Waals surface area contributed by atoms with Crippen molar-refractivity contribution in [2.24, 2.45) is 5.16 Å². The Kier molecular flexibility index (Phi) is 6.26. The van der Waals surface area contributed by atoms with Crippen molar-refractivity contribution >= 4 is 22.5 Å². The molecule has 8 nitrogen and oxygen atoms in total. The normalized spacial score (nSPS) is 12.8. The third kappa shape index (κ3) is 4.08. The quantitative estimate of drug-likeness (QED) is 0.248. The van der Waals surface area contributed by atoms with E-state index in [0.29, 0.717) is 11.4 Å². The standard InChI is InChI=1S/C20H20F2N6O2/c1-11(18-14(21)10-16-13(19(18)22)4-3-7-25-16)20(24)28-17(23)6-5-15(26-28)12(2)27-30-9-8-29/h3-7,10-11,23-24,29H,8-9H2,1-2H3/b23-17?,24-20?,27-12+. The van der Waals surface area contributed by atoms with Gasteiger partial charge in [0.15, 0.2) is 0 Å². The first-order valence-electron chi connectivity index (χ1n) is 9.09. The van der Waals surface area contributed by atoms with E-state index in [1.807, 2.05) is 0 Å². The zero-order valence-corrected chi connectivity index (χ0v) is 16.4. The minimum atomic E-state index is -1.03. The van der Waals surface area contributed by atoms with E-state index in [-0.39, 0.29) is 41.0 Å². The molecule has 10 heteroatoms. The van der Waals surface area contributed by atoms with Gasteiger partial charge in [-0.1, -0.05) is 12.1 Å². The predicted molar refractivity (Wildman–Crippen MR) is 107 cm³/mol. The van der Waals surface area contributed by atoms with E-state index in [2.05, 4.69) is 15.2 Å². The van der Waals surface area contributed by atoms with Crippen LogP contribution in [0, 0.1) is 22.5 Å². The number of hydrogen-bond donors (Lipinski definition) is 3. The van der Waals surface area contributed by atoms with Gasteiger partial charge in [0.05, 0.1) is 12.1 Å². The van der Waals surface area contributed by atoms with Crippen LogP contribution in [0.3, 0.4) is 0 Å². The van der Waals surface area contributed by atoms with Gasteiger partial charge in [-0.05, 0) is 31.2 Å². The van der Waals surface area contributed by atoms with Gasteiger partial charge in [-0.25, -0.2) is 13.5 Å². The van der Waals surface area contributed by atoms with Crippen LogP contribution in [0.15, 0.2) is 41.7 Å². The molecule has 3 rings (SSSR count). The van der Waals surface area contributed by atoms with E-state index in [1.165, 1.54) is 31.3 Å². The van der Waals surface area contributed by atoms with E-state index in [0.717, 1.165) is 10.7 Å². The first kappa shape index (κ1) is 21.2. The smallest absolute Gasteiger partial charge is 0.148 e. The van der Waals surface area contributed by atoms with E-state index in [4.69, 9.17) is 20.8 Å². The zero-order valence-electron chi connectivity index (χ0n) is 16.4. The minimum Gasteiger partial charge on any atom is -0.393 e. The Morgan fingerprint density at radius 1 is 1.33 bits per heavy atom. The van der Waals surface area contributed by atoms with Gasteiger partial charge in [0.1, 0.15) is 41.0 Å². The highest BCUT2D eigenvalue weighted by molar-refractivity contribution is 5.97. The van der Waals surface area contributed by atoms with Gasteiger partial charge in [0.2, 0.25) is 0 Å². The number of aromatic nitrogens is 3. The van der Waals surface area contributed by atoms with Gasteiger partial charge in [0, 0.05) is 29.1 Å². The maximum atomic E-state index is 15.0. The van der Waals surface area contributed by atoms with E-state index in [9.17, 15) is 4.39 Å².